The van der Waals surface area contributed by atoms with Gasteiger partial charge >= 0.3 is 39.5 Å². The van der Waals surface area contributed by atoms with Crippen LogP contribution in [-0.2, 0) is 65.4 Å². The summed E-state index contributed by atoms with van der Waals surface area (Å²) in [6.07, 6.45) is 77.9. The zero-order chi connectivity index (χ0) is 73.2. The smallest absolute Gasteiger partial charge is 0.462 e. The highest BCUT2D eigenvalue weighted by Gasteiger charge is 2.30. The number of unbranched alkanes of at least 4 members (excludes halogenated alkanes) is 29. The van der Waals surface area contributed by atoms with Gasteiger partial charge in [-0.05, 0) is 141 Å². The number of allylic oxidation sites excluding steroid dienone is 18. The van der Waals surface area contributed by atoms with Crippen LogP contribution in [0.25, 0.3) is 0 Å². The minimum absolute atomic E-state index is 0.0797. The maximum absolute atomic E-state index is 13.1. The van der Waals surface area contributed by atoms with Gasteiger partial charge in [-0.1, -0.05) is 265 Å². The molecule has 0 amide bonds. The number of hydrogen-bond acceptors (Lipinski definition) is 15. The van der Waals surface area contributed by atoms with Gasteiger partial charge in [-0.25, -0.2) is 9.13 Å². The Morgan fingerprint density at radius 3 is 0.840 bits per heavy atom. The lowest BCUT2D eigenvalue weighted by Crippen LogP contribution is -2.30. The fourth-order valence-corrected chi connectivity index (χ4v) is 11.8. The summed E-state index contributed by atoms with van der Waals surface area (Å²) >= 11 is 0. The molecule has 0 spiro atoms. The Bertz CT molecular complexity index is 2320. The fourth-order valence-electron chi connectivity index (χ4n) is 10.3. The van der Waals surface area contributed by atoms with Gasteiger partial charge in [0.25, 0.3) is 0 Å². The van der Waals surface area contributed by atoms with Gasteiger partial charge < -0.3 is 33.8 Å². The van der Waals surface area contributed by atoms with E-state index >= 15 is 0 Å². The Balaban J connectivity index is 5.34. The maximum atomic E-state index is 13.1. The van der Waals surface area contributed by atoms with Crippen LogP contribution in [-0.4, -0.2) is 96.7 Å². The number of aliphatic hydroxyl groups is 1. The first-order valence-corrected chi connectivity index (χ1v) is 42.1. The largest absolute Gasteiger partial charge is 0.472 e. The lowest BCUT2D eigenvalue weighted by Gasteiger charge is -2.21. The normalized spacial score (nSPS) is 14.5. The summed E-state index contributed by atoms with van der Waals surface area (Å²) in [4.78, 5) is 72.9. The molecule has 5 unspecified atom stereocenters. The molecule has 0 aliphatic rings. The van der Waals surface area contributed by atoms with Gasteiger partial charge in [-0.2, -0.15) is 0 Å². The summed E-state index contributed by atoms with van der Waals surface area (Å²) < 4.78 is 68.5. The first kappa shape index (κ1) is 95.7. The molecular formula is C81H140O17P2. The van der Waals surface area contributed by atoms with E-state index in [0.717, 1.165) is 193 Å². The van der Waals surface area contributed by atoms with Gasteiger partial charge in [0.1, 0.15) is 19.3 Å². The Hall–Kier alpha value is -4.28. The van der Waals surface area contributed by atoms with Gasteiger partial charge in [-0.15, -0.1) is 0 Å². The number of esters is 4. The van der Waals surface area contributed by atoms with Crippen LogP contribution < -0.4 is 0 Å². The van der Waals surface area contributed by atoms with Crippen molar-refractivity contribution < 1.29 is 80.2 Å². The molecule has 5 atom stereocenters. The van der Waals surface area contributed by atoms with E-state index < -0.39 is 97.5 Å². The molecule has 17 nitrogen and oxygen atoms in total. The lowest BCUT2D eigenvalue weighted by atomic mass is 10.1. The number of carbonyl (C=O) groups excluding carboxylic acids is 4. The van der Waals surface area contributed by atoms with Crippen molar-refractivity contribution in [2.45, 2.75) is 341 Å². The average Bonchev–Trinajstić information content (AvgIpc) is 0.985. The van der Waals surface area contributed by atoms with Crippen LogP contribution in [0.4, 0.5) is 0 Å². The molecule has 0 saturated carbocycles. The number of phosphoric acid groups is 2. The van der Waals surface area contributed by atoms with Crippen molar-refractivity contribution >= 4 is 39.5 Å². The highest BCUT2D eigenvalue weighted by molar-refractivity contribution is 7.47. The van der Waals surface area contributed by atoms with Crippen molar-refractivity contribution in [2.24, 2.45) is 0 Å². The molecule has 576 valence electrons. The van der Waals surface area contributed by atoms with Crippen molar-refractivity contribution in [1.29, 1.82) is 0 Å². The number of phosphoric ester groups is 2. The minimum atomic E-state index is -4.98. The van der Waals surface area contributed by atoms with E-state index in [-0.39, 0.29) is 25.7 Å². The monoisotopic (exact) mass is 1450 g/mol. The summed E-state index contributed by atoms with van der Waals surface area (Å²) in [5.74, 6) is -2.22. The van der Waals surface area contributed by atoms with Crippen molar-refractivity contribution in [3.8, 4) is 0 Å². The van der Waals surface area contributed by atoms with E-state index in [1.54, 1.807) is 0 Å². The lowest BCUT2D eigenvalue weighted by molar-refractivity contribution is -0.161. The predicted molar refractivity (Wildman–Crippen MR) is 408 cm³/mol. The van der Waals surface area contributed by atoms with Gasteiger partial charge in [0.15, 0.2) is 12.2 Å². The predicted octanol–water partition coefficient (Wildman–Crippen LogP) is 22.6. The molecule has 0 saturated heterocycles. The van der Waals surface area contributed by atoms with Gasteiger partial charge in [0.2, 0.25) is 0 Å². The van der Waals surface area contributed by atoms with Crippen molar-refractivity contribution in [1.82, 2.24) is 0 Å². The summed E-state index contributed by atoms with van der Waals surface area (Å²) in [6.45, 7) is 4.57. The van der Waals surface area contributed by atoms with E-state index in [4.69, 9.17) is 37.0 Å². The summed E-state index contributed by atoms with van der Waals surface area (Å²) in [7, 11) is -9.96. The van der Waals surface area contributed by atoms with Crippen molar-refractivity contribution in [2.75, 3.05) is 39.6 Å². The molecule has 0 bridgehead atoms. The maximum Gasteiger partial charge on any atom is 0.472 e. The summed E-state index contributed by atoms with van der Waals surface area (Å²) in [6, 6.07) is 0. The quantitative estimate of drug-likeness (QED) is 0.0169. The van der Waals surface area contributed by atoms with Gasteiger partial charge in [0.05, 0.1) is 26.4 Å². The second kappa shape index (κ2) is 73.0. The number of hydrogen-bond donors (Lipinski definition) is 3. The number of aliphatic hydroxyl groups excluding tert-OH is 1. The molecule has 0 heterocycles. The second-order valence-corrected chi connectivity index (χ2v) is 28.8. The molecule has 0 aliphatic heterocycles. The molecule has 0 aliphatic carbocycles. The van der Waals surface area contributed by atoms with Gasteiger partial charge in [0, 0.05) is 25.7 Å². The van der Waals surface area contributed by atoms with E-state index in [2.05, 4.69) is 137 Å². The van der Waals surface area contributed by atoms with E-state index in [1.807, 2.05) is 0 Å². The number of carbonyl (C=O) groups is 4. The van der Waals surface area contributed by atoms with Crippen LogP contribution in [0.2, 0.25) is 0 Å². The van der Waals surface area contributed by atoms with E-state index in [9.17, 15) is 43.2 Å². The van der Waals surface area contributed by atoms with Crippen LogP contribution in [0, 0.1) is 0 Å². The topological polar surface area (TPSA) is 237 Å². The van der Waals surface area contributed by atoms with E-state index in [0.29, 0.717) is 25.7 Å². The first-order valence-electron chi connectivity index (χ1n) is 39.1. The van der Waals surface area contributed by atoms with Crippen LogP contribution in [0.5, 0.6) is 0 Å². The summed E-state index contributed by atoms with van der Waals surface area (Å²) in [5.41, 5.74) is 0. The molecule has 19 heteroatoms. The highest BCUT2D eigenvalue weighted by Crippen LogP contribution is 2.45. The van der Waals surface area contributed by atoms with Crippen molar-refractivity contribution in [3.05, 3.63) is 109 Å². The van der Waals surface area contributed by atoms with Crippen LogP contribution in [0.3, 0.4) is 0 Å². The third-order valence-electron chi connectivity index (χ3n) is 16.2. The SMILES string of the molecule is CC/C=C\C/C=C\C/C=C\C/C=C\CCCCCCCCC(=O)OCC(COP(=O)(O)OCC(O)COP(=O)(O)OCC(COC(=O)CCCCCCC/C=C\C/C=C\C/C=C\CC)OC(=O)CCCCCCC/C=C\CCCC)OC(=O)CCCCCCC/C=C\CCCCCCCC. The molecule has 100 heavy (non-hydrogen) atoms. The zero-order valence-electron chi connectivity index (χ0n) is 62.8. The summed E-state index contributed by atoms with van der Waals surface area (Å²) in [5, 5.41) is 10.6. The molecule has 0 aromatic heterocycles. The third-order valence-corrected chi connectivity index (χ3v) is 18.1. The number of rotatable bonds is 73. The Morgan fingerprint density at radius 1 is 0.290 bits per heavy atom. The molecule has 0 fully saturated rings. The second-order valence-electron chi connectivity index (χ2n) is 25.9. The van der Waals surface area contributed by atoms with Crippen molar-refractivity contribution in [3.63, 3.8) is 0 Å². The molecule has 3 N–H and O–H groups in total. The third kappa shape index (κ3) is 72.1. The highest BCUT2D eigenvalue weighted by atomic mass is 31.2. The molecule has 0 aromatic rings. The van der Waals surface area contributed by atoms with E-state index in [1.165, 1.54) is 51.4 Å². The molecule has 0 rings (SSSR count). The standard InChI is InChI=1S/C81H140O17P2/c1-5-9-13-17-21-25-29-32-35-36-37-38-41-43-47-50-54-58-62-66-79(84)92-72-77(98-81(86)68-64-60-56-52-48-44-40-34-31-27-23-19-15-11-7-3)74-96-100(89,90)94-70-75(82)69-93-99(87,88)95-73-76(97-80(85)67-63-59-55-51-45-28-24-20-16-12-8-4)71-91-78(83)65-61-57-53-49-46-42-39-33-30-26-22-18-14-10-6-2/h9-10,13-14,20-22,24-26,32-35,37-40,75-77,82H,5-8,11-12,15-19,23,27-31,36,41-74H2,1-4H3,(H,87,88)(H,89,90)/b13-9-,14-10-,24-20-,25-21-,26-22-,35-32-,38-37-,39-33-,40-34-. The van der Waals surface area contributed by atoms with Gasteiger partial charge in [-0.3, -0.25) is 37.3 Å². The molecule has 0 aromatic carbocycles. The van der Waals surface area contributed by atoms with Crippen LogP contribution in [0.15, 0.2) is 109 Å². The molecule has 0 radical (unpaired) electrons. The molecular weight excluding hydrogens is 1310 g/mol. The van der Waals surface area contributed by atoms with Crippen LogP contribution in [0.1, 0.15) is 323 Å². The Morgan fingerprint density at radius 2 is 0.530 bits per heavy atom. The fraction of sp³-hybridized carbons (Fsp3) is 0.728. The average molecular weight is 1450 g/mol. The Labute approximate surface area is 607 Å². The first-order chi connectivity index (χ1) is 48.7. The van der Waals surface area contributed by atoms with Crippen LogP contribution >= 0.6 is 15.6 Å². The minimum Gasteiger partial charge on any atom is -0.462 e. The zero-order valence-corrected chi connectivity index (χ0v) is 64.6. The Kier molecular flexibility index (Phi) is 69.9. The number of ether oxygens (including phenoxy) is 4.